The zero-order valence-electron chi connectivity index (χ0n) is 9.90. The molecule has 0 saturated heterocycles. The normalized spacial score (nSPS) is 16.6. The number of amides is 1. The van der Waals surface area contributed by atoms with Crippen LogP contribution in [0.2, 0.25) is 0 Å². The maximum absolute atomic E-state index is 11.9. The molecular weight excluding hydrogens is 234 g/mol. The Hall–Kier alpha value is -1.00. The van der Waals surface area contributed by atoms with E-state index in [1.165, 1.54) is 4.90 Å². The molecule has 92 valence electrons. The zero-order valence-corrected chi connectivity index (χ0v) is 10.7. The Morgan fingerprint density at radius 2 is 2.06 bits per heavy atom. The number of carbonyl (C=O) groups is 1. The van der Waals surface area contributed by atoms with E-state index < -0.39 is 5.41 Å². The summed E-state index contributed by atoms with van der Waals surface area (Å²) >= 11 is 1.77. The quantitative estimate of drug-likeness (QED) is 0.791. The summed E-state index contributed by atoms with van der Waals surface area (Å²) in [6, 6.07) is 7.82. The highest BCUT2D eigenvalue weighted by atomic mass is 32.2. The van der Waals surface area contributed by atoms with Gasteiger partial charge in [-0.25, -0.2) is 0 Å². The van der Waals surface area contributed by atoms with Crippen molar-refractivity contribution >= 4 is 23.4 Å². The molecule has 0 radical (unpaired) electrons. The number of aliphatic hydroxyl groups excluding tert-OH is 1. The van der Waals surface area contributed by atoms with Gasteiger partial charge in [-0.1, -0.05) is 6.92 Å². The third kappa shape index (κ3) is 2.82. The lowest BCUT2D eigenvalue weighted by Crippen LogP contribution is -2.27. The molecule has 3 nitrogen and oxygen atoms in total. The fraction of sp³-hybridized carbons (Fsp3) is 0.462. The molecule has 0 bridgehead atoms. The van der Waals surface area contributed by atoms with Gasteiger partial charge in [0, 0.05) is 10.6 Å². The van der Waals surface area contributed by atoms with E-state index in [4.69, 9.17) is 5.11 Å². The lowest BCUT2D eigenvalue weighted by atomic mass is 10.1. The van der Waals surface area contributed by atoms with Crippen LogP contribution in [0.4, 0.5) is 5.69 Å². The van der Waals surface area contributed by atoms with Crippen LogP contribution < -0.4 is 5.32 Å². The van der Waals surface area contributed by atoms with E-state index in [9.17, 15) is 4.79 Å². The molecule has 0 heterocycles. The highest BCUT2D eigenvalue weighted by molar-refractivity contribution is 7.99. The van der Waals surface area contributed by atoms with Crippen molar-refractivity contribution < 1.29 is 9.90 Å². The van der Waals surface area contributed by atoms with Crippen LogP contribution in [0.3, 0.4) is 0 Å². The Bertz CT molecular complexity index is 398. The monoisotopic (exact) mass is 251 g/mol. The first-order valence-electron chi connectivity index (χ1n) is 5.85. The lowest BCUT2D eigenvalue weighted by molar-refractivity contribution is -0.122. The van der Waals surface area contributed by atoms with Gasteiger partial charge in [-0.05, 0) is 42.9 Å². The smallest absolute Gasteiger partial charge is 0.232 e. The van der Waals surface area contributed by atoms with Gasteiger partial charge < -0.3 is 10.4 Å². The first kappa shape index (κ1) is 12.5. The van der Waals surface area contributed by atoms with E-state index in [2.05, 4.69) is 12.2 Å². The predicted octanol–water partition coefficient (Wildman–Crippen LogP) is 2.51. The SMILES string of the molecule is CCSc1ccc(NC(=O)C2(CO)CC2)cc1. The Kier molecular flexibility index (Phi) is 3.74. The Morgan fingerprint density at radius 3 is 2.53 bits per heavy atom. The summed E-state index contributed by atoms with van der Waals surface area (Å²) < 4.78 is 0. The van der Waals surface area contributed by atoms with Crippen LogP contribution in [-0.4, -0.2) is 23.4 Å². The molecule has 0 aromatic heterocycles. The predicted molar refractivity (Wildman–Crippen MR) is 70.2 cm³/mol. The molecule has 1 fully saturated rings. The third-order valence-electron chi connectivity index (χ3n) is 3.06. The molecule has 17 heavy (non-hydrogen) atoms. The molecule has 2 N–H and O–H groups in total. The van der Waals surface area contributed by atoms with Gasteiger partial charge in [0.1, 0.15) is 0 Å². The van der Waals surface area contributed by atoms with Crippen molar-refractivity contribution in [1.82, 2.24) is 0 Å². The topological polar surface area (TPSA) is 49.3 Å². The molecule has 1 aromatic rings. The van der Waals surface area contributed by atoms with Crippen LogP contribution in [0.1, 0.15) is 19.8 Å². The van der Waals surface area contributed by atoms with Crippen LogP contribution in [0.15, 0.2) is 29.2 Å². The largest absolute Gasteiger partial charge is 0.395 e. The number of rotatable bonds is 5. The molecule has 1 saturated carbocycles. The van der Waals surface area contributed by atoms with Crippen molar-refractivity contribution in [3.05, 3.63) is 24.3 Å². The molecule has 0 spiro atoms. The fourth-order valence-electron chi connectivity index (χ4n) is 1.67. The second-order valence-corrected chi connectivity index (χ2v) is 5.69. The van der Waals surface area contributed by atoms with Crippen molar-refractivity contribution in [3.8, 4) is 0 Å². The number of benzene rings is 1. The highest BCUT2D eigenvalue weighted by Gasteiger charge is 2.49. The second kappa shape index (κ2) is 5.10. The minimum Gasteiger partial charge on any atom is -0.395 e. The average Bonchev–Trinajstić information content (AvgIpc) is 3.13. The molecule has 1 aliphatic carbocycles. The summed E-state index contributed by atoms with van der Waals surface area (Å²) in [5, 5.41) is 12.0. The number of hydrogen-bond acceptors (Lipinski definition) is 3. The molecule has 0 aliphatic heterocycles. The van der Waals surface area contributed by atoms with Gasteiger partial charge >= 0.3 is 0 Å². The minimum atomic E-state index is -0.503. The van der Waals surface area contributed by atoms with Gasteiger partial charge in [0.05, 0.1) is 12.0 Å². The standard InChI is InChI=1S/C13H17NO2S/c1-2-17-11-5-3-10(4-6-11)14-12(16)13(9-15)7-8-13/h3-6,15H,2,7-9H2,1H3,(H,14,16). The van der Waals surface area contributed by atoms with Crippen LogP contribution in [-0.2, 0) is 4.79 Å². The van der Waals surface area contributed by atoms with E-state index in [-0.39, 0.29) is 12.5 Å². The van der Waals surface area contributed by atoms with Crippen molar-refractivity contribution in [3.63, 3.8) is 0 Å². The molecule has 4 heteroatoms. The Morgan fingerprint density at radius 1 is 1.41 bits per heavy atom. The number of thioether (sulfide) groups is 1. The van der Waals surface area contributed by atoms with Gasteiger partial charge in [-0.3, -0.25) is 4.79 Å². The van der Waals surface area contributed by atoms with E-state index in [0.717, 1.165) is 24.3 Å². The molecule has 1 aliphatic rings. The van der Waals surface area contributed by atoms with Crippen molar-refractivity contribution in [2.45, 2.75) is 24.7 Å². The van der Waals surface area contributed by atoms with Crippen LogP contribution in [0.5, 0.6) is 0 Å². The van der Waals surface area contributed by atoms with E-state index in [1.54, 1.807) is 11.8 Å². The molecule has 0 unspecified atom stereocenters. The van der Waals surface area contributed by atoms with Gasteiger partial charge in [0.25, 0.3) is 0 Å². The van der Waals surface area contributed by atoms with Gasteiger partial charge in [-0.15, -0.1) is 11.8 Å². The maximum Gasteiger partial charge on any atom is 0.232 e. The molecular formula is C13H17NO2S. The first-order chi connectivity index (χ1) is 8.20. The van der Waals surface area contributed by atoms with Gasteiger partial charge in [-0.2, -0.15) is 0 Å². The van der Waals surface area contributed by atoms with Crippen LogP contribution in [0.25, 0.3) is 0 Å². The van der Waals surface area contributed by atoms with Crippen LogP contribution >= 0.6 is 11.8 Å². The summed E-state index contributed by atoms with van der Waals surface area (Å²) in [5.41, 5.74) is 0.298. The van der Waals surface area contributed by atoms with Crippen LogP contribution in [0, 0.1) is 5.41 Å². The summed E-state index contributed by atoms with van der Waals surface area (Å²) in [6.07, 6.45) is 1.58. The molecule has 2 rings (SSSR count). The fourth-order valence-corrected chi connectivity index (χ4v) is 2.33. The van der Waals surface area contributed by atoms with E-state index in [0.29, 0.717) is 0 Å². The summed E-state index contributed by atoms with van der Waals surface area (Å²) in [4.78, 5) is 13.1. The number of nitrogens with one attached hydrogen (secondary N) is 1. The summed E-state index contributed by atoms with van der Waals surface area (Å²) in [6.45, 7) is 2.06. The molecule has 1 amide bonds. The zero-order chi connectivity index (χ0) is 12.3. The number of anilines is 1. The average molecular weight is 251 g/mol. The third-order valence-corrected chi connectivity index (χ3v) is 3.96. The number of hydrogen-bond donors (Lipinski definition) is 2. The van der Waals surface area contributed by atoms with E-state index >= 15 is 0 Å². The number of carbonyl (C=O) groups excluding carboxylic acids is 1. The lowest BCUT2D eigenvalue weighted by Gasteiger charge is -2.12. The number of aliphatic hydroxyl groups is 1. The molecule has 0 atom stereocenters. The summed E-state index contributed by atoms with van der Waals surface area (Å²) in [7, 11) is 0. The van der Waals surface area contributed by atoms with E-state index in [1.807, 2.05) is 24.3 Å². The Balaban J connectivity index is 1.97. The van der Waals surface area contributed by atoms with Gasteiger partial charge in [0.2, 0.25) is 5.91 Å². The maximum atomic E-state index is 11.9. The van der Waals surface area contributed by atoms with Crippen molar-refractivity contribution in [1.29, 1.82) is 0 Å². The Labute approximate surface area is 106 Å². The van der Waals surface area contributed by atoms with Crippen molar-refractivity contribution in [2.75, 3.05) is 17.7 Å². The highest BCUT2D eigenvalue weighted by Crippen LogP contribution is 2.45. The molecule has 1 aromatic carbocycles. The minimum absolute atomic E-state index is 0.0530. The van der Waals surface area contributed by atoms with Crippen molar-refractivity contribution in [2.24, 2.45) is 5.41 Å². The second-order valence-electron chi connectivity index (χ2n) is 4.35. The first-order valence-corrected chi connectivity index (χ1v) is 6.84. The summed E-state index contributed by atoms with van der Waals surface area (Å²) in [5.74, 6) is 0.982. The van der Waals surface area contributed by atoms with Gasteiger partial charge in [0.15, 0.2) is 0 Å².